The Hall–Kier alpha value is -1.88. The SMILES string of the molecule is CC(Cc1ccccc1)NC(=O)CNC(=O)CN. The van der Waals surface area contributed by atoms with Crippen LogP contribution in [-0.2, 0) is 16.0 Å². The van der Waals surface area contributed by atoms with Crippen LogP contribution in [0.25, 0.3) is 0 Å². The van der Waals surface area contributed by atoms with Gasteiger partial charge in [-0.05, 0) is 18.9 Å². The molecule has 0 bridgehead atoms. The number of nitrogens with one attached hydrogen (secondary N) is 2. The molecule has 1 unspecified atom stereocenters. The molecule has 0 aromatic heterocycles. The summed E-state index contributed by atoms with van der Waals surface area (Å²) in [6, 6.07) is 9.93. The largest absolute Gasteiger partial charge is 0.352 e. The second-order valence-electron chi connectivity index (χ2n) is 4.14. The number of rotatable bonds is 6. The fourth-order valence-electron chi connectivity index (χ4n) is 1.60. The number of nitrogens with two attached hydrogens (primary N) is 1. The average Bonchev–Trinajstić information content (AvgIpc) is 2.37. The molecule has 4 N–H and O–H groups in total. The Labute approximate surface area is 107 Å². The Morgan fingerprint density at radius 3 is 2.50 bits per heavy atom. The van der Waals surface area contributed by atoms with Crippen molar-refractivity contribution in [1.29, 1.82) is 0 Å². The molecule has 1 atom stereocenters. The summed E-state index contributed by atoms with van der Waals surface area (Å²) in [5.41, 5.74) is 6.28. The van der Waals surface area contributed by atoms with E-state index in [-0.39, 0.29) is 30.9 Å². The van der Waals surface area contributed by atoms with Crippen molar-refractivity contribution in [3.05, 3.63) is 35.9 Å². The second-order valence-corrected chi connectivity index (χ2v) is 4.14. The molecule has 0 saturated carbocycles. The van der Waals surface area contributed by atoms with Gasteiger partial charge in [0, 0.05) is 6.04 Å². The number of hydrogen-bond acceptors (Lipinski definition) is 3. The van der Waals surface area contributed by atoms with Gasteiger partial charge in [0.15, 0.2) is 0 Å². The third kappa shape index (κ3) is 5.45. The van der Waals surface area contributed by atoms with Crippen LogP contribution in [0.15, 0.2) is 30.3 Å². The number of hydrogen-bond donors (Lipinski definition) is 3. The van der Waals surface area contributed by atoms with Crippen LogP contribution < -0.4 is 16.4 Å². The molecule has 0 aliphatic carbocycles. The highest BCUT2D eigenvalue weighted by molar-refractivity contribution is 5.85. The van der Waals surface area contributed by atoms with E-state index in [0.717, 1.165) is 12.0 Å². The number of carbonyl (C=O) groups excluding carboxylic acids is 2. The van der Waals surface area contributed by atoms with Crippen molar-refractivity contribution < 1.29 is 9.59 Å². The minimum absolute atomic E-state index is 0.0229. The van der Waals surface area contributed by atoms with Crippen LogP contribution in [0.2, 0.25) is 0 Å². The Bertz CT molecular complexity index is 392. The minimum atomic E-state index is -0.333. The molecular formula is C13H19N3O2. The fraction of sp³-hybridized carbons (Fsp3) is 0.385. The molecule has 0 aliphatic rings. The lowest BCUT2D eigenvalue weighted by Crippen LogP contribution is -2.43. The highest BCUT2D eigenvalue weighted by Gasteiger charge is 2.08. The summed E-state index contributed by atoms with van der Waals surface area (Å²) in [5, 5.41) is 5.24. The molecule has 1 aromatic rings. The first kappa shape index (κ1) is 14.2. The standard InChI is InChI=1S/C13H19N3O2/c1-10(7-11-5-3-2-4-6-11)16-13(18)9-15-12(17)8-14/h2-6,10H,7-9,14H2,1H3,(H,15,17)(H,16,18). The van der Waals surface area contributed by atoms with Gasteiger partial charge in [0.1, 0.15) is 0 Å². The van der Waals surface area contributed by atoms with Crippen molar-refractivity contribution in [1.82, 2.24) is 10.6 Å². The van der Waals surface area contributed by atoms with Crippen LogP contribution in [0.5, 0.6) is 0 Å². The zero-order chi connectivity index (χ0) is 13.4. The van der Waals surface area contributed by atoms with Crippen molar-refractivity contribution in [2.45, 2.75) is 19.4 Å². The fourth-order valence-corrected chi connectivity index (χ4v) is 1.60. The van der Waals surface area contributed by atoms with Gasteiger partial charge < -0.3 is 16.4 Å². The van der Waals surface area contributed by atoms with Crippen LogP contribution in [-0.4, -0.2) is 30.9 Å². The van der Waals surface area contributed by atoms with E-state index in [1.807, 2.05) is 37.3 Å². The molecule has 0 aliphatic heterocycles. The lowest BCUT2D eigenvalue weighted by atomic mass is 10.1. The Morgan fingerprint density at radius 1 is 1.22 bits per heavy atom. The molecule has 5 nitrogen and oxygen atoms in total. The summed E-state index contributed by atoms with van der Waals surface area (Å²) >= 11 is 0. The maximum atomic E-state index is 11.5. The van der Waals surface area contributed by atoms with Gasteiger partial charge in [-0.2, -0.15) is 0 Å². The van der Waals surface area contributed by atoms with E-state index >= 15 is 0 Å². The molecule has 0 radical (unpaired) electrons. The average molecular weight is 249 g/mol. The zero-order valence-electron chi connectivity index (χ0n) is 10.5. The van der Waals surface area contributed by atoms with Crippen LogP contribution in [0.4, 0.5) is 0 Å². The molecule has 0 heterocycles. The van der Waals surface area contributed by atoms with E-state index in [0.29, 0.717) is 0 Å². The topological polar surface area (TPSA) is 84.2 Å². The van der Waals surface area contributed by atoms with Crippen molar-refractivity contribution in [3.63, 3.8) is 0 Å². The first-order chi connectivity index (χ1) is 8.61. The van der Waals surface area contributed by atoms with E-state index < -0.39 is 0 Å². The highest BCUT2D eigenvalue weighted by Crippen LogP contribution is 2.02. The van der Waals surface area contributed by atoms with Crippen LogP contribution in [0, 0.1) is 0 Å². The Morgan fingerprint density at radius 2 is 1.89 bits per heavy atom. The first-order valence-electron chi connectivity index (χ1n) is 5.92. The molecule has 1 aromatic carbocycles. The molecule has 5 heteroatoms. The van der Waals surface area contributed by atoms with Crippen molar-refractivity contribution in [2.75, 3.05) is 13.1 Å². The van der Waals surface area contributed by atoms with Crippen molar-refractivity contribution >= 4 is 11.8 Å². The van der Waals surface area contributed by atoms with Gasteiger partial charge in [0.05, 0.1) is 13.1 Å². The van der Waals surface area contributed by atoms with Gasteiger partial charge in [-0.25, -0.2) is 0 Å². The maximum absolute atomic E-state index is 11.5. The smallest absolute Gasteiger partial charge is 0.239 e. The van der Waals surface area contributed by atoms with Gasteiger partial charge in [-0.1, -0.05) is 30.3 Å². The number of carbonyl (C=O) groups is 2. The van der Waals surface area contributed by atoms with Gasteiger partial charge >= 0.3 is 0 Å². The summed E-state index contributed by atoms with van der Waals surface area (Å²) in [5.74, 6) is -0.541. The molecule has 18 heavy (non-hydrogen) atoms. The molecule has 0 saturated heterocycles. The summed E-state index contributed by atoms with van der Waals surface area (Å²) in [6.45, 7) is 1.79. The van der Waals surface area contributed by atoms with Gasteiger partial charge in [-0.3, -0.25) is 9.59 Å². The third-order valence-electron chi connectivity index (χ3n) is 2.42. The monoisotopic (exact) mass is 249 g/mol. The van der Waals surface area contributed by atoms with E-state index in [2.05, 4.69) is 10.6 Å². The molecular weight excluding hydrogens is 230 g/mol. The van der Waals surface area contributed by atoms with Gasteiger partial charge in [0.2, 0.25) is 11.8 Å². The van der Waals surface area contributed by atoms with E-state index in [1.54, 1.807) is 0 Å². The van der Waals surface area contributed by atoms with Crippen LogP contribution in [0.1, 0.15) is 12.5 Å². The summed E-state index contributed by atoms with van der Waals surface area (Å²) in [4.78, 5) is 22.4. The van der Waals surface area contributed by atoms with Crippen molar-refractivity contribution in [2.24, 2.45) is 5.73 Å². The van der Waals surface area contributed by atoms with Gasteiger partial charge in [-0.15, -0.1) is 0 Å². The van der Waals surface area contributed by atoms with Crippen LogP contribution in [0.3, 0.4) is 0 Å². The molecule has 98 valence electrons. The van der Waals surface area contributed by atoms with E-state index in [1.165, 1.54) is 0 Å². The normalized spacial score (nSPS) is 11.7. The molecule has 1 rings (SSSR count). The highest BCUT2D eigenvalue weighted by atomic mass is 16.2. The quantitative estimate of drug-likeness (QED) is 0.653. The third-order valence-corrected chi connectivity index (χ3v) is 2.42. The van der Waals surface area contributed by atoms with Crippen molar-refractivity contribution in [3.8, 4) is 0 Å². The van der Waals surface area contributed by atoms with Gasteiger partial charge in [0.25, 0.3) is 0 Å². The lowest BCUT2D eigenvalue weighted by Gasteiger charge is -2.14. The molecule has 2 amide bonds. The van der Waals surface area contributed by atoms with E-state index in [9.17, 15) is 9.59 Å². The van der Waals surface area contributed by atoms with E-state index in [4.69, 9.17) is 5.73 Å². The maximum Gasteiger partial charge on any atom is 0.239 e. The molecule has 0 spiro atoms. The summed E-state index contributed by atoms with van der Waals surface area (Å²) in [6.07, 6.45) is 0.761. The lowest BCUT2D eigenvalue weighted by molar-refractivity contribution is -0.125. The summed E-state index contributed by atoms with van der Waals surface area (Å²) < 4.78 is 0. The predicted molar refractivity (Wildman–Crippen MR) is 69.8 cm³/mol. The Kier molecular flexibility index (Phi) is 5.87. The van der Waals surface area contributed by atoms with Crippen LogP contribution >= 0.6 is 0 Å². The predicted octanol–water partition coefficient (Wildman–Crippen LogP) is -0.191. The first-order valence-corrected chi connectivity index (χ1v) is 5.92. The number of benzene rings is 1. The zero-order valence-corrected chi connectivity index (χ0v) is 10.5. The number of amides is 2. The Balaban J connectivity index is 2.29. The summed E-state index contributed by atoms with van der Waals surface area (Å²) in [7, 11) is 0. The second kappa shape index (κ2) is 7.45. The minimum Gasteiger partial charge on any atom is -0.352 e. The molecule has 0 fully saturated rings.